The van der Waals surface area contributed by atoms with Gasteiger partial charge in [0.2, 0.25) is 0 Å². The molecule has 1 aromatic rings. The number of rotatable bonds is 3. The third-order valence-electron chi connectivity index (χ3n) is 1.47. The zero-order valence-corrected chi connectivity index (χ0v) is 6.62. The van der Waals surface area contributed by atoms with Crippen LogP contribution in [0.5, 0.6) is 0 Å². The van der Waals surface area contributed by atoms with Crippen molar-refractivity contribution in [2.45, 2.75) is 0 Å². The second-order valence-corrected chi connectivity index (χ2v) is 2.34. The molecule has 0 radical (unpaired) electrons. The first-order chi connectivity index (χ1) is 5.86. The third-order valence-corrected chi connectivity index (χ3v) is 1.47. The minimum Gasteiger partial charge on any atom is -0.308 e. The largest absolute Gasteiger partial charge is 0.308 e. The quantitative estimate of drug-likeness (QED) is 0.634. The van der Waals surface area contributed by atoms with Crippen LogP contribution in [0.1, 0.15) is 5.56 Å². The zero-order valence-electron chi connectivity index (χ0n) is 6.62. The Hall–Kier alpha value is -1.70. The standard InChI is InChI=1S/C10H10N2/c11-7-10(8-12)6-9-4-2-1-3-5-9/h1-8,11-12H. The maximum atomic E-state index is 6.96. The van der Waals surface area contributed by atoms with E-state index in [0.29, 0.717) is 5.57 Å². The highest BCUT2D eigenvalue weighted by Gasteiger charge is 1.87. The molecule has 1 aromatic carbocycles. The van der Waals surface area contributed by atoms with Crippen molar-refractivity contribution in [3.05, 3.63) is 41.5 Å². The van der Waals surface area contributed by atoms with E-state index in [1.165, 1.54) is 12.4 Å². The van der Waals surface area contributed by atoms with E-state index in [2.05, 4.69) is 0 Å². The smallest absolute Gasteiger partial charge is 0.0265 e. The number of allylic oxidation sites excluding steroid dienone is 1. The predicted molar refractivity (Wildman–Crippen MR) is 52.0 cm³/mol. The summed E-state index contributed by atoms with van der Waals surface area (Å²) in [4.78, 5) is 0. The van der Waals surface area contributed by atoms with E-state index in [-0.39, 0.29) is 0 Å². The summed E-state index contributed by atoms with van der Waals surface area (Å²) < 4.78 is 0. The number of hydrogen-bond acceptors (Lipinski definition) is 2. The van der Waals surface area contributed by atoms with Crippen molar-refractivity contribution in [2.75, 3.05) is 0 Å². The van der Waals surface area contributed by atoms with Crippen LogP contribution in [0, 0.1) is 10.8 Å². The first-order valence-electron chi connectivity index (χ1n) is 3.64. The lowest BCUT2D eigenvalue weighted by molar-refractivity contribution is 1.54. The van der Waals surface area contributed by atoms with Gasteiger partial charge < -0.3 is 10.8 Å². The summed E-state index contributed by atoms with van der Waals surface area (Å²) in [5, 5.41) is 13.9. The van der Waals surface area contributed by atoms with Gasteiger partial charge in [-0.25, -0.2) is 0 Å². The Kier molecular flexibility index (Phi) is 2.96. The Balaban J connectivity index is 2.93. The molecule has 0 bridgehead atoms. The maximum absolute atomic E-state index is 6.96. The van der Waals surface area contributed by atoms with Crippen LogP contribution in [-0.2, 0) is 0 Å². The van der Waals surface area contributed by atoms with Gasteiger partial charge in [0.1, 0.15) is 0 Å². The third kappa shape index (κ3) is 2.16. The van der Waals surface area contributed by atoms with Crippen LogP contribution in [0.3, 0.4) is 0 Å². The summed E-state index contributed by atoms with van der Waals surface area (Å²) in [6, 6.07) is 9.67. The van der Waals surface area contributed by atoms with Crippen molar-refractivity contribution in [1.29, 1.82) is 10.8 Å². The van der Waals surface area contributed by atoms with E-state index in [0.717, 1.165) is 5.56 Å². The fourth-order valence-corrected chi connectivity index (χ4v) is 0.867. The van der Waals surface area contributed by atoms with E-state index < -0.39 is 0 Å². The molecule has 0 aliphatic heterocycles. The van der Waals surface area contributed by atoms with Gasteiger partial charge in [0.15, 0.2) is 0 Å². The van der Waals surface area contributed by atoms with Crippen molar-refractivity contribution in [3.63, 3.8) is 0 Å². The highest BCUT2D eigenvalue weighted by molar-refractivity contribution is 6.06. The molecule has 2 nitrogen and oxygen atoms in total. The number of hydrogen-bond donors (Lipinski definition) is 2. The second kappa shape index (κ2) is 4.23. The molecule has 0 aliphatic carbocycles. The SMILES string of the molecule is N=CC(C=N)=Cc1ccccc1. The van der Waals surface area contributed by atoms with Crippen molar-refractivity contribution >= 4 is 18.5 Å². The first-order valence-corrected chi connectivity index (χ1v) is 3.64. The van der Waals surface area contributed by atoms with E-state index in [1.807, 2.05) is 30.3 Å². The summed E-state index contributed by atoms with van der Waals surface area (Å²) >= 11 is 0. The minimum absolute atomic E-state index is 0.598. The van der Waals surface area contributed by atoms with E-state index >= 15 is 0 Å². The molecule has 0 unspecified atom stereocenters. The van der Waals surface area contributed by atoms with Gasteiger partial charge in [0.05, 0.1) is 0 Å². The molecule has 2 N–H and O–H groups in total. The molecular formula is C10H10N2. The lowest BCUT2D eigenvalue weighted by Gasteiger charge is -1.92. The van der Waals surface area contributed by atoms with Crippen LogP contribution in [0.2, 0.25) is 0 Å². The van der Waals surface area contributed by atoms with E-state index in [1.54, 1.807) is 6.08 Å². The molecule has 0 saturated carbocycles. The average Bonchev–Trinajstić information content (AvgIpc) is 2.16. The molecule has 0 aromatic heterocycles. The summed E-state index contributed by atoms with van der Waals surface area (Å²) in [6.45, 7) is 0. The molecule has 1 rings (SSSR count). The molecule has 12 heavy (non-hydrogen) atoms. The zero-order chi connectivity index (χ0) is 8.81. The van der Waals surface area contributed by atoms with Crippen LogP contribution in [0.4, 0.5) is 0 Å². The van der Waals surface area contributed by atoms with Crippen molar-refractivity contribution in [2.24, 2.45) is 0 Å². The fourth-order valence-electron chi connectivity index (χ4n) is 0.867. The molecule has 0 amide bonds. The van der Waals surface area contributed by atoms with Gasteiger partial charge in [-0.2, -0.15) is 0 Å². The van der Waals surface area contributed by atoms with Gasteiger partial charge in [-0.05, 0) is 11.6 Å². The molecule has 0 spiro atoms. The lowest BCUT2D eigenvalue weighted by Crippen LogP contribution is -1.83. The Bertz CT molecular complexity index is 289. The first kappa shape index (κ1) is 8.40. The molecule has 60 valence electrons. The molecule has 2 heteroatoms. The van der Waals surface area contributed by atoms with Crippen LogP contribution in [0.25, 0.3) is 6.08 Å². The van der Waals surface area contributed by atoms with Gasteiger partial charge in [0, 0.05) is 18.0 Å². The molecule has 0 saturated heterocycles. The normalized spacial score (nSPS) is 8.67. The monoisotopic (exact) mass is 158 g/mol. The van der Waals surface area contributed by atoms with Crippen LogP contribution < -0.4 is 0 Å². The molecule has 0 aliphatic rings. The minimum atomic E-state index is 0.598. The van der Waals surface area contributed by atoms with Crippen molar-refractivity contribution in [3.8, 4) is 0 Å². The molecule has 0 fully saturated rings. The van der Waals surface area contributed by atoms with Crippen molar-refractivity contribution < 1.29 is 0 Å². The van der Waals surface area contributed by atoms with Gasteiger partial charge >= 0.3 is 0 Å². The Morgan fingerprint density at radius 3 is 2.08 bits per heavy atom. The molecule has 0 atom stereocenters. The molecule has 0 heterocycles. The summed E-state index contributed by atoms with van der Waals surface area (Å²) in [5.41, 5.74) is 1.61. The van der Waals surface area contributed by atoms with Crippen LogP contribution in [-0.4, -0.2) is 12.4 Å². The predicted octanol–water partition coefficient (Wildman–Crippen LogP) is 2.37. The Morgan fingerprint density at radius 2 is 1.58 bits per heavy atom. The van der Waals surface area contributed by atoms with Gasteiger partial charge in [0.25, 0.3) is 0 Å². The Morgan fingerprint density at radius 1 is 1.00 bits per heavy atom. The second-order valence-electron chi connectivity index (χ2n) is 2.34. The van der Waals surface area contributed by atoms with Gasteiger partial charge in [-0.15, -0.1) is 0 Å². The number of nitrogens with one attached hydrogen (secondary N) is 2. The van der Waals surface area contributed by atoms with E-state index in [4.69, 9.17) is 10.8 Å². The topological polar surface area (TPSA) is 47.7 Å². The van der Waals surface area contributed by atoms with Crippen LogP contribution in [0.15, 0.2) is 35.9 Å². The van der Waals surface area contributed by atoms with Gasteiger partial charge in [-0.1, -0.05) is 30.3 Å². The number of benzene rings is 1. The van der Waals surface area contributed by atoms with Crippen LogP contribution >= 0.6 is 0 Å². The van der Waals surface area contributed by atoms with E-state index in [9.17, 15) is 0 Å². The summed E-state index contributed by atoms with van der Waals surface area (Å²) in [5.74, 6) is 0. The lowest BCUT2D eigenvalue weighted by atomic mass is 10.1. The maximum Gasteiger partial charge on any atom is 0.0265 e. The van der Waals surface area contributed by atoms with Crippen molar-refractivity contribution in [1.82, 2.24) is 0 Å². The summed E-state index contributed by atoms with van der Waals surface area (Å²) in [7, 11) is 0. The summed E-state index contributed by atoms with van der Waals surface area (Å²) in [6.07, 6.45) is 4.12. The Labute approximate surface area is 71.6 Å². The highest BCUT2D eigenvalue weighted by atomic mass is 14.4. The highest BCUT2D eigenvalue weighted by Crippen LogP contribution is 2.03. The van der Waals surface area contributed by atoms with Gasteiger partial charge in [-0.3, -0.25) is 0 Å². The average molecular weight is 158 g/mol. The molecular weight excluding hydrogens is 148 g/mol. The fraction of sp³-hybridized carbons (Fsp3) is 0.